The topological polar surface area (TPSA) is 54.4 Å². The first kappa shape index (κ1) is 8.73. The minimum Gasteiger partial charge on any atom is -0.481 e. The van der Waals surface area contributed by atoms with Crippen molar-refractivity contribution < 1.29 is 14.7 Å². The molecule has 0 radical (unpaired) electrons. The molecule has 2 fully saturated rings. The van der Waals surface area contributed by atoms with Crippen molar-refractivity contribution in [2.45, 2.75) is 33.1 Å². The number of rotatable bonds is 1. The van der Waals surface area contributed by atoms with Gasteiger partial charge in [-0.25, -0.2) is 0 Å². The number of carboxylic acids is 1. The van der Waals surface area contributed by atoms with E-state index in [4.69, 9.17) is 5.11 Å². The third-order valence-electron chi connectivity index (χ3n) is 4.15. The quantitative estimate of drug-likeness (QED) is 0.668. The van der Waals surface area contributed by atoms with Crippen molar-refractivity contribution in [2.75, 3.05) is 0 Å². The van der Waals surface area contributed by atoms with Gasteiger partial charge in [0.25, 0.3) is 0 Å². The van der Waals surface area contributed by atoms with Gasteiger partial charge in [-0.05, 0) is 18.3 Å². The van der Waals surface area contributed by atoms with Gasteiger partial charge in [-0.1, -0.05) is 13.8 Å². The molecule has 2 rings (SSSR count). The van der Waals surface area contributed by atoms with Crippen LogP contribution in [0.3, 0.4) is 0 Å². The molecule has 0 heterocycles. The summed E-state index contributed by atoms with van der Waals surface area (Å²) in [5.74, 6) is -0.621. The molecule has 13 heavy (non-hydrogen) atoms. The molecule has 0 atom stereocenters. The van der Waals surface area contributed by atoms with E-state index >= 15 is 0 Å². The Morgan fingerprint density at radius 1 is 1.46 bits per heavy atom. The molecule has 0 unspecified atom stereocenters. The van der Waals surface area contributed by atoms with Crippen molar-refractivity contribution >= 4 is 11.8 Å². The van der Waals surface area contributed by atoms with Crippen LogP contribution in [0.4, 0.5) is 0 Å². The molecular formula is C10H14O3. The van der Waals surface area contributed by atoms with Gasteiger partial charge in [-0.3, -0.25) is 9.59 Å². The van der Waals surface area contributed by atoms with Gasteiger partial charge in [0.2, 0.25) is 0 Å². The fraction of sp³-hybridized carbons (Fsp3) is 0.800. The number of aliphatic carboxylic acids is 1. The van der Waals surface area contributed by atoms with E-state index in [0.717, 1.165) is 0 Å². The van der Waals surface area contributed by atoms with E-state index in [2.05, 4.69) is 0 Å². The number of hydrogen-bond acceptors (Lipinski definition) is 2. The van der Waals surface area contributed by atoms with Crippen molar-refractivity contribution in [3.63, 3.8) is 0 Å². The Bertz CT molecular complexity index is 285. The third kappa shape index (κ3) is 0.847. The van der Waals surface area contributed by atoms with E-state index in [-0.39, 0.29) is 22.5 Å². The van der Waals surface area contributed by atoms with Gasteiger partial charge in [0.05, 0.1) is 5.92 Å². The molecule has 2 aliphatic carbocycles. The third-order valence-corrected chi connectivity index (χ3v) is 4.15. The average Bonchev–Trinajstić information content (AvgIpc) is 1.94. The molecule has 0 aromatic rings. The van der Waals surface area contributed by atoms with Crippen molar-refractivity contribution in [2.24, 2.45) is 16.7 Å². The standard InChI is InChI=1S/C10H14O3/c1-9(2)7(11)5-10(9)3-6(4-10)8(12)13/h6H,3-5H2,1-2H3,(H,12,13). The molecule has 1 N–H and O–H groups in total. The lowest BCUT2D eigenvalue weighted by atomic mass is 9.40. The van der Waals surface area contributed by atoms with Gasteiger partial charge in [0, 0.05) is 11.8 Å². The molecule has 0 aromatic heterocycles. The van der Waals surface area contributed by atoms with Gasteiger partial charge in [-0.2, -0.15) is 0 Å². The highest BCUT2D eigenvalue weighted by Crippen LogP contribution is 2.66. The number of carbonyl (C=O) groups is 2. The summed E-state index contributed by atoms with van der Waals surface area (Å²) < 4.78 is 0. The predicted molar refractivity (Wildman–Crippen MR) is 46.2 cm³/mol. The maximum atomic E-state index is 11.3. The molecular weight excluding hydrogens is 168 g/mol. The van der Waals surface area contributed by atoms with Gasteiger partial charge in [0.15, 0.2) is 0 Å². The fourth-order valence-electron chi connectivity index (χ4n) is 2.65. The molecule has 0 bridgehead atoms. The summed E-state index contributed by atoms with van der Waals surface area (Å²) in [5, 5.41) is 8.74. The van der Waals surface area contributed by atoms with Crippen LogP contribution in [0.25, 0.3) is 0 Å². The van der Waals surface area contributed by atoms with Crippen molar-refractivity contribution in [1.29, 1.82) is 0 Å². The highest BCUT2D eigenvalue weighted by molar-refractivity contribution is 5.93. The van der Waals surface area contributed by atoms with Gasteiger partial charge < -0.3 is 5.11 Å². The molecule has 72 valence electrons. The van der Waals surface area contributed by atoms with E-state index in [1.165, 1.54) is 0 Å². The molecule has 2 saturated carbocycles. The van der Waals surface area contributed by atoms with Crippen molar-refractivity contribution in [3.05, 3.63) is 0 Å². The molecule has 0 aromatic carbocycles. The number of carboxylic acid groups (broad SMARTS) is 1. The van der Waals surface area contributed by atoms with Crippen LogP contribution in [0.2, 0.25) is 0 Å². The first-order valence-electron chi connectivity index (χ1n) is 4.65. The Hall–Kier alpha value is -0.860. The average molecular weight is 182 g/mol. The minimum absolute atomic E-state index is 0.0349. The zero-order valence-corrected chi connectivity index (χ0v) is 7.96. The largest absolute Gasteiger partial charge is 0.481 e. The molecule has 0 aliphatic heterocycles. The lowest BCUT2D eigenvalue weighted by molar-refractivity contribution is -0.185. The highest BCUT2D eigenvalue weighted by Gasteiger charge is 2.66. The van der Waals surface area contributed by atoms with Crippen molar-refractivity contribution in [3.8, 4) is 0 Å². The lowest BCUT2D eigenvalue weighted by Crippen LogP contribution is -2.62. The van der Waals surface area contributed by atoms with Crippen LogP contribution in [0.15, 0.2) is 0 Å². The maximum absolute atomic E-state index is 11.3. The Morgan fingerprint density at radius 3 is 2.31 bits per heavy atom. The Balaban J connectivity index is 2.06. The van der Waals surface area contributed by atoms with E-state index in [1.807, 2.05) is 13.8 Å². The number of hydrogen-bond donors (Lipinski definition) is 1. The monoisotopic (exact) mass is 182 g/mol. The molecule has 3 nitrogen and oxygen atoms in total. The second kappa shape index (κ2) is 2.14. The summed E-state index contributed by atoms with van der Waals surface area (Å²) in [6, 6.07) is 0. The molecule has 0 amide bonds. The zero-order valence-electron chi connectivity index (χ0n) is 7.96. The number of ketones is 1. The van der Waals surface area contributed by atoms with Crippen LogP contribution in [0.1, 0.15) is 33.1 Å². The smallest absolute Gasteiger partial charge is 0.306 e. The van der Waals surface area contributed by atoms with E-state index < -0.39 is 5.97 Å². The minimum atomic E-state index is -0.708. The highest BCUT2D eigenvalue weighted by atomic mass is 16.4. The van der Waals surface area contributed by atoms with Crippen LogP contribution < -0.4 is 0 Å². The first-order valence-corrected chi connectivity index (χ1v) is 4.65. The van der Waals surface area contributed by atoms with E-state index in [1.54, 1.807) is 0 Å². The number of carbonyl (C=O) groups excluding carboxylic acids is 1. The first-order chi connectivity index (χ1) is 5.89. The summed E-state index contributed by atoms with van der Waals surface area (Å²) >= 11 is 0. The lowest BCUT2D eigenvalue weighted by Gasteiger charge is -2.62. The predicted octanol–water partition coefficient (Wildman–Crippen LogP) is 1.47. The van der Waals surface area contributed by atoms with Crippen LogP contribution in [-0.2, 0) is 9.59 Å². The Labute approximate surface area is 77.1 Å². The SMILES string of the molecule is CC1(C)C(=O)CC12CC(C(=O)O)C2. The van der Waals surface area contributed by atoms with Gasteiger partial charge >= 0.3 is 5.97 Å². The number of Topliss-reactive ketones (excluding diaryl/α,β-unsaturated/α-hetero) is 1. The fourth-order valence-corrected chi connectivity index (χ4v) is 2.65. The van der Waals surface area contributed by atoms with E-state index in [9.17, 15) is 9.59 Å². The second-order valence-corrected chi connectivity index (χ2v) is 4.95. The van der Waals surface area contributed by atoms with Crippen molar-refractivity contribution in [1.82, 2.24) is 0 Å². The summed E-state index contributed by atoms with van der Waals surface area (Å²) in [6.45, 7) is 3.88. The van der Waals surface area contributed by atoms with Crippen LogP contribution >= 0.6 is 0 Å². The second-order valence-electron chi connectivity index (χ2n) is 4.95. The summed E-state index contributed by atoms with van der Waals surface area (Å²) in [5.41, 5.74) is -0.230. The molecule has 3 heteroatoms. The summed E-state index contributed by atoms with van der Waals surface area (Å²) in [6.07, 6.45) is 1.99. The van der Waals surface area contributed by atoms with Gasteiger partial charge in [0.1, 0.15) is 5.78 Å². The Kier molecular flexibility index (Phi) is 1.44. The van der Waals surface area contributed by atoms with Crippen LogP contribution in [-0.4, -0.2) is 16.9 Å². The summed E-state index contributed by atoms with van der Waals surface area (Å²) in [7, 11) is 0. The zero-order chi connectivity index (χ0) is 9.85. The summed E-state index contributed by atoms with van der Waals surface area (Å²) in [4.78, 5) is 21.9. The molecule has 2 aliphatic rings. The van der Waals surface area contributed by atoms with Gasteiger partial charge in [-0.15, -0.1) is 0 Å². The normalized spacial score (nSPS) is 41.1. The molecule has 1 spiro atoms. The van der Waals surface area contributed by atoms with Crippen LogP contribution in [0, 0.1) is 16.7 Å². The van der Waals surface area contributed by atoms with Crippen LogP contribution in [0.5, 0.6) is 0 Å². The Morgan fingerprint density at radius 2 is 2.00 bits per heavy atom. The van der Waals surface area contributed by atoms with E-state index in [0.29, 0.717) is 19.3 Å². The maximum Gasteiger partial charge on any atom is 0.306 e. The molecule has 0 saturated heterocycles.